The van der Waals surface area contributed by atoms with Gasteiger partial charge >= 0.3 is 0 Å². The molecule has 0 bridgehead atoms. The standard InChI is InChI=1S/C16H25N3O/c1-4-5-6-7-8-16(20)18-17-13-14-9-11-15(12-10-14)19(2)3/h9-13H,4-8H2,1-3H3,(H,18,20)/b17-13+. The lowest BCUT2D eigenvalue weighted by atomic mass is 10.1. The van der Waals surface area contributed by atoms with Crippen LogP contribution in [0.1, 0.15) is 44.6 Å². The van der Waals surface area contributed by atoms with Gasteiger partial charge in [-0.2, -0.15) is 5.10 Å². The van der Waals surface area contributed by atoms with Crippen LogP contribution in [0.2, 0.25) is 0 Å². The topological polar surface area (TPSA) is 44.7 Å². The number of amides is 1. The molecule has 0 unspecified atom stereocenters. The van der Waals surface area contributed by atoms with Crippen LogP contribution in [0, 0.1) is 0 Å². The number of nitrogens with zero attached hydrogens (tertiary/aromatic N) is 2. The molecule has 0 aliphatic rings. The van der Waals surface area contributed by atoms with Gasteiger partial charge < -0.3 is 4.90 Å². The van der Waals surface area contributed by atoms with Crippen molar-refractivity contribution in [2.24, 2.45) is 5.10 Å². The van der Waals surface area contributed by atoms with Crippen LogP contribution in [0.5, 0.6) is 0 Å². The molecule has 0 radical (unpaired) electrons. The molecule has 0 aromatic heterocycles. The number of hydrazone groups is 1. The minimum atomic E-state index is -0.0118. The molecule has 0 fully saturated rings. The van der Waals surface area contributed by atoms with E-state index in [0.717, 1.165) is 24.1 Å². The number of nitrogens with one attached hydrogen (secondary N) is 1. The number of unbranched alkanes of at least 4 members (excludes halogenated alkanes) is 3. The fourth-order valence-electron chi connectivity index (χ4n) is 1.81. The van der Waals surface area contributed by atoms with Crippen LogP contribution < -0.4 is 10.3 Å². The molecule has 0 heterocycles. The Bertz CT molecular complexity index is 424. The first-order valence-electron chi connectivity index (χ1n) is 7.22. The molecule has 0 spiro atoms. The molecule has 0 atom stereocenters. The zero-order valence-corrected chi connectivity index (χ0v) is 12.7. The molecular weight excluding hydrogens is 250 g/mol. The smallest absolute Gasteiger partial charge is 0.240 e. The number of carbonyl (C=O) groups is 1. The van der Waals surface area contributed by atoms with E-state index in [2.05, 4.69) is 17.5 Å². The van der Waals surface area contributed by atoms with Crippen molar-refractivity contribution in [3.05, 3.63) is 29.8 Å². The third-order valence-electron chi connectivity index (χ3n) is 3.07. The van der Waals surface area contributed by atoms with Crippen LogP contribution >= 0.6 is 0 Å². The number of benzene rings is 1. The van der Waals surface area contributed by atoms with E-state index in [9.17, 15) is 4.79 Å². The summed E-state index contributed by atoms with van der Waals surface area (Å²) >= 11 is 0. The number of hydrogen-bond acceptors (Lipinski definition) is 3. The normalized spacial score (nSPS) is 10.8. The van der Waals surface area contributed by atoms with E-state index < -0.39 is 0 Å². The van der Waals surface area contributed by atoms with Crippen molar-refractivity contribution < 1.29 is 4.79 Å². The number of hydrogen-bond donors (Lipinski definition) is 1. The van der Waals surface area contributed by atoms with Crippen LogP contribution in [-0.2, 0) is 4.79 Å². The second-order valence-electron chi connectivity index (χ2n) is 5.09. The molecule has 1 amide bonds. The van der Waals surface area contributed by atoms with Gasteiger partial charge in [0.2, 0.25) is 5.91 Å². The first-order chi connectivity index (χ1) is 9.63. The minimum absolute atomic E-state index is 0.0118. The van der Waals surface area contributed by atoms with Gasteiger partial charge in [0.1, 0.15) is 0 Å². The van der Waals surface area contributed by atoms with Gasteiger partial charge in [0.05, 0.1) is 6.21 Å². The fraction of sp³-hybridized carbons (Fsp3) is 0.500. The van der Waals surface area contributed by atoms with Crippen LogP contribution in [0.15, 0.2) is 29.4 Å². The molecule has 0 saturated carbocycles. The highest BCUT2D eigenvalue weighted by atomic mass is 16.2. The van der Waals surface area contributed by atoms with E-state index >= 15 is 0 Å². The highest BCUT2D eigenvalue weighted by Gasteiger charge is 1.98. The Balaban J connectivity index is 2.31. The van der Waals surface area contributed by atoms with Gasteiger partial charge in [-0.05, 0) is 24.1 Å². The first-order valence-corrected chi connectivity index (χ1v) is 7.22. The summed E-state index contributed by atoms with van der Waals surface area (Å²) in [6, 6.07) is 8.00. The third-order valence-corrected chi connectivity index (χ3v) is 3.07. The summed E-state index contributed by atoms with van der Waals surface area (Å²) in [4.78, 5) is 13.5. The van der Waals surface area contributed by atoms with E-state index in [4.69, 9.17) is 0 Å². The Hall–Kier alpha value is -1.84. The van der Waals surface area contributed by atoms with E-state index in [1.807, 2.05) is 43.3 Å². The van der Waals surface area contributed by atoms with Gasteiger partial charge in [-0.25, -0.2) is 5.43 Å². The maximum absolute atomic E-state index is 11.5. The lowest BCUT2D eigenvalue weighted by Crippen LogP contribution is -2.16. The van der Waals surface area contributed by atoms with Gasteiger partial charge in [0.15, 0.2) is 0 Å². The van der Waals surface area contributed by atoms with Gasteiger partial charge in [-0.15, -0.1) is 0 Å². The minimum Gasteiger partial charge on any atom is -0.378 e. The Labute approximate surface area is 121 Å². The van der Waals surface area contributed by atoms with Crippen molar-refractivity contribution in [2.75, 3.05) is 19.0 Å². The molecule has 1 aromatic carbocycles. The Morgan fingerprint density at radius 2 is 1.90 bits per heavy atom. The molecule has 4 nitrogen and oxygen atoms in total. The van der Waals surface area contributed by atoms with E-state index in [-0.39, 0.29) is 5.91 Å². The van der Waals surface area contributed by atoms with Crippen molar-refractivity contribution >= 4 is 17.8 Å². The van der Waals surface area contributed by atoms with Gasteiger partial charge in [-0.3, -0.25) is 4.79 Å². The summed E-state index contributed by atoms with van der Waals surface area (Å²) in [6.45, 7) is 2.16. The fourth-order valence-corrected chi connectivity index (χ4v) is 1.81. The molecule has 20 heavy (non-hydrogen) atoms. The van der Waals surface area contributed by atoms with Crippen LogP contribution in [0.4, 0.5) is 5.69 Å². The molecule has 110 valence electrons. The molecule has 0 aliphatic carbocycles. The van der Waals surface area contributed by atoms with E-state index in [1.54, 1.807) is 6.21 Å². The van der Waals surface area contributed by atoms with Crippen molar-refractivity contribution in [2.45, 2.75) is 39.0 Å². The predicted molar refractivity (Wildman–Crippen MR) is 85.3 cm³/mol. The highest BCUT2D eigenvalue weighted by Crippen LogP contribution is 2.10. The van der Waals surface area contributed by atoms with Gasteiger partial charge in [-0.1, -0.05) is 38.3 Å². The molecule has 1 N–H and O–H groups in total. The maximum Gasteiger partial charge on any atom is 0.240 e. The largest absolute Gasteiger partial charge is 0.378 e. The lowest BCUT2D eigenvalue weighted by Gasteiger charge is -2.11. The van der Waals surface area contributed by atoms with Crippen molar-refractivity contribution in [1.29, 1.82) is 0 Å². The molecule has 1 aromatic rings. The van der Waals surface area contributed by atoms with Crippen LogP contribution in [-0.4, -0.2) is 26.2 Å². The third kappa shape index (κ3) is 6.36. The van der Waals surface area contributed by atoms with Crippen molar-refractivity contribution in [1.82, 2.24) is 5.43 Å². The maximum atomic E-state index is 11.5. The quantitative estimate of drug-likeness (QED) is 0.450. The highest BCUT2D eigenvalue weighted by molar-refractivity contribution is 5.82. The second-order valence-corrected chi connectivity index (χ2v) is 5.09. The summed E-state index contributed by atoms with van der Waals surface area (Å²) in [5.41, 5.74) is 4.68. The van der Waals surface area contributed by atoms with Crippen LogP contribution in [0.3, 0.4) is 0 Å². The molecule has 1 rings (SSSR count). The summed E-state index contributed by atoms with van der Waals surface area (Å²) in [6.07, 6.45) is 6.64. The second kappa shape index (κ2) is 9.13. The Morgan fingerprint density at radius 3 is 2.50 bits per heavy atom. The molecular formula is C16H25N3O. The zero-order chi connectivity index (χ0) is 14.8. The van der Waals surface area contributed by atoms with E-state index in [1.165, 1.54) is 12.8 Å². The van der Waals surface area contributed by atoms with Crippen molar-refractivity contribution in [3.63, 3.8) is 0 Å². The summed E-state index contributed by atoms with van der Waals surface area (Å²) in [5.74, 6) is -0.0118. The molecule has 4 heteroatoms. The first kappa shape index (κ1) is 16.2. The van der Waals surface area contributed by atoms with E-state index in [0.29, 0.717) is 6.42 Å². The van der Waals surface area contributed by atoms with Gasteiger partial charge in [0.25, 0.3) is 0 Å². The Morgan fingerprint density at radius 1 is 1.20 bits per heavy atom. The van der Waals surface area contributed by atoms with Gasteiger partial charge in [0, 0.05) is 26.2 Å². The van der Waals surface area contributed by atoms with Crippen LogP contribution in [0.25, 0.3) is 0 Å². The molecule has 0 saturated heterocycles. The average molecular weight is 275 g/mol. The number of anilines is 1. The average Bonchev–Trinajstić information content (AvgIpc) is 2.44. The summed E-state index contributed by atoms with van der Waals surface area (Å²) in [5, 5.41) is 3.98. The zero-order valence-electron chi connectivity index (χ0n) is 12.7. The Kier molecular flexibility index (Phi) is 7.40. The number of rotatable bonds is 8. The number of carbonyl (C=O) groups excluding carboxylic acids is 1. The summed E-state index contributed by atoms with van der Waals surface area (Å²) in [7, 11) is 4.00. The summed E-state index contributed by atoms with van der Waals surface area (Å²) < 4.78 is 0. The molecule has 0 aliphatic heterocycles. The SMILES string of the molecule is CCCCCCC(=O)N/N=C/c1ccc(N(C)C)cc1. The predicted octanol–water partition coefficient (Wildman–Crippen LogP) is 3.17. The van der Waals surface area contributed by atoms with Crippen molar-refractivity contribution in [3.8, 4) is 0 Å². The monoisotopic (exact) mass is 275 g/mol. The lowest BCUT2D eigenvalue weighted by molar-refractivity contribution is -0.121.